The second kappa shape index (κ2) is 8.37. The van der Waals surface area contributed by atoms with Gasteiger partial charge >= 0.3 is 5.97 Å². The van der Waals surface area contributed by atoms with Gasteiger partial charge in [-0.2, -0.15) is 0 Å². The summed E-state index contributed by atoms with van der Waals surface area (Å²) in [7, 11) is 3.53. The minimum absolute atomic E-state index is 0.174. The molecule has 0 aliphatic rings. The van der Waals surface area contributed by atoms with Crippen LogP contribution in [0.3, 0.4) is 0 Å². The zero-order valence-electron chi connectivity index (χ0n) is 11.5. The van der Waals surface area contributed by atoms with Gasteiger partial charge in [0.2, 0.25) is 0 Å². The van der Waals surface area contributed by atoms with Crippen molar-refractivity contribution >= 4 is 5.97 Å². The first-order chi connectivity index (χ1) is 9.11. The number of methoxy groups -OCH3 is 1. The van der Waals surface area contributed by atoms with Crippen molar-refractivity contribution in [2.24, 2.45) is 0 Å². The van der Waals surface area contributed by atoms with Gasteiger partial charge in [0.25, 0.3) is 0 Å². The van der Waals surface area contributed by atoms with Crippen LogP contribution in [-0.4, -0.2) is 49.8 Å². The summed E-state index contributed by atoms with van der Waals surface area (Å²) in [4.78, 5) is 12.4. The van der Waals surface area contributed by atoms with E-state index in [0.717, 1.165) is 24.5 Å². The Hall–Kier alpha value is -1.75. The summed E-state index contributed by atoms with van der Waals surface area (Å²) in [6.45, 7) is 1.98. The van der Waals surface area contributed by atoms with Crippen molar-refractivity contribution in [3.05, 3.63) is 24.3 Å². The average Bonchev–Trinajstić information content (AvgIpc) is 2.41. The predicted molar refractivity (Wildman–Crippen MR) is 72.9 cm³/mol. The molecule has 106 valence electrons. The molecular formula is C14H21NO4. The Labute approximate surface area is 113 Å². The van der Waals surface area contributed by atoms with Crippen molar-refractivity contribution in [3.63, 3.8) is 0 Å². The molecule has 0 spiro atoms. The number of carbonyl (C=O) groups is 1. The summed E-state index contributed by atoms with van der Waals surface area (Å²) in [5.74, 6) is 0.795. The molecule has 1 aromatic rings. The van der Waals surface area contributed by atoms with E-state index in [-0.39, 0.29) is 6.42 Å². The van der Waals surface area contributed by atoms with Gasteiger partial charge in [-0.25, -0.2) is 0 Å². The summed E-state index contributed by atoms with van der Waals surface area (Å²) in [6.07, 6.45) is 1.03. The number of carboxylic acids is 1. The van der Waals surface area contributed by atoms with E-state index in [9.17, 15) is 4.79 Å². The maximum atomic E-state index is 10.4. The Kier molecular flexibility index (Phi) is 6.74. The quantitative estimate of drug-likeness (QED) is 0.692. The van der Waals surface area contributed by atoms with Gasteiger partial charge in [0.15, 0.2) is 0 Å². The molecule has 0 fully saturated rings. The van der Waals surface area contributed by atoms with Crippen LogP contribution in [0.15, 0.2) is 24.3 Å². The van der Waals surface area contributed by atoms with E-state index in [2.05, 4.69) is 0 Å². The summed E-state index contributed by atoms with van der Waals surface area (Å²) >= 11 is 0. The van der Waals surface area contributed by atoms with Crippen molar-refractivity contribution in [1.29, 1.82) is 0 Å². The van der Waals surface area contributed by atoms with Gasteiger partial charge in [-0.3, -0.25) is 4.79 Å². The van der Waals surface area contributed by atoms with Gasteiger partial charge in [0, 0.05) is 19.2 Å². The fraction of sp³-hybridized carbons (Fsp3) is 0.500. The SMILES string of the molecule is COc1cccc(OCCCN(C)CCC(=O)O)c1. The highest BCUT2D eigenvalue weighted by atomic mass is 16.5. The van der Waals surface area contributed by atoms with E-state index in [0.29, 0.717) is 13.2 Å². The van der Waals surface area contributed by atoms with Crippen molar-refractivity contribution in [3.8, 4) is 11.5 Å². The molecule has 0 saturated heterocycles. The second-order valence-corrected chi connectivity index (χ2v) is 4.33. The molecule has 1 aromatic carbocycles. The minimum Gasteiger partial charge on any atom is -0.497 e. The van der Waals surface area contributed by atoms with Crippen LogP contribution in [0.25, 0.3) is 0 Å². The molecule has 1 rings (SSSR count). The number of carboxylic acid groups (broad SMARTS) is 1. The van der Waals surface area contributed by atoms with Crippen molar-refractivity contribution in [2.75, 3.05) is 33.9 Å². The first-order valence-electron chi connectivity index (χ1n) is 6.29. The number of rotatable bonds is 9. The van der Waals surface area contributed by atoms with E-state index in [1.807, 2.05) is 36.2 Å². The molecule has 0 unspecified atom stereocenters. The van der Waals surface area contributed by atoms with Gasteiger partial charge in [-0.1, -0.05) is 6.07 Å². The van der Waals surface area contributed by atoms with Crippen LogP contribution >= 0.6 is 0 Å². The van der Waals surface area contributed by atoms with Crippen molar-refractivity contribution in [1.82, 2.24) is 4.90 Å². The van der Waals surface area contributed by atoms with E-state index in [1.165, 1.54) is 0 Å². The monoisotopic (exact) mass is 267 g/mol. The number of ether oxygens (including phenoxy) is 2. The second-order valence-electron chi connectivity index (χ2n) is 4.33. The van der Waals surface area contributed by atoms with Crippen LogP contribution in [0.5, 0.6) is 11.5 Å². The van der Waals surface area contributed by atoms with Crippen LogP contribution < -0.4 is 9.47 Å². The zero-order valence-corrected chi connectivity index (χ0v) is 11.5. The van der Waals surface area contributed by atoms with E-state index in [4.69, 9.17) is 14.6 Å². The van der Waals surface area contributed by atoms with Crippen LogP contribution in [0.2, 0.25) is 0 Å². The molecule has 0 atom stereocenters. The number of aliphatic carboxylic acids is 1. The fourth-order valence-corrected chi connectivity index (χ4v) is 1.61. The van der Waals surface area contributed by atoms with Crippen molar-refractivity contribution in [2.45, 2.75) is 12.8 Å². The molecule has 5 heteroatoms. The number of hydrogen-bond donors (Lipinski definition) is 1. The molecule has 0 saturated carbocycles. The average molecular weight is 267 g/mol. The lowest BCUT2D eigenvalue weighted by Gasteiger charge is -2.15. The molecule has 0 bridgehead atoms. The molecule has 19 heavy (non-hydrogen) atoms. The number of benzene rings is 1. The van der Waals surface area contributed by atoms with Gasteiger partial charge in [-0.05, 0) is 25.6 Å². The lowest BCUT2D eigenvalue weighted by atomic mass is 10.3. The molecule has 0 aromatic heterocycles. The molecule has 0 heterocycles. The molecule has 0 amide bonds. The summed E-state index contributed by atoms with van der Waals surface area (Å²) in [6, 6.07) is 7.48. The fourth-order valence-electron chi connectivity index (χ4n) is 1.61. The van der Waals surface area contributed by atoms with Gasteiger partial charge in [0.1, 0.15) is 11.5 Å². The normalized spacial score (nSPS) is 10.5. The van der Waals surface area contributed by atoms with Crippen LogP contribution in [-0.2, 0) is 4.79 Å². The van der Waals surface area contributed by atoms with E-state index >= 15 is 0 Å². The topological polar surface area (TPSA) is 59.0 Å². The molecule has 0 aliphatic heterocycles. The minimum atomic E-state index is -0.764. The Balaban J connectivity index is 2.17. The Morgan fingerprint density at radius 1 is 1.32 bits per heavy atom. The highest BCUT2D eigenvalue weighted by Gasteiger charge is 2.02. The third-order valence-electron chi connectivity index (χ3n) is 2.70. The number of nitrogens with zero attached hydrogens (tertiary/aromatic N) is 1. The third kappa shape index (κ3) is 6.67. The lowest BCUT2D eigenvalue weighted by Crippen LogP contribution is -2.24. The van der Waals surface area contributed by atoms with Crippen LogP contribution in [0.4, 0.5) is 0 Å². The van der Waals surface area contributed by atoms with Gasteiger partial charge < -0.3 is 19.5 Å². The smallest absolute Gasteiger partial charge is 0.304 e. The first kappa shape index (κ1) is 15.3. The summed E-state index contributed by atoms with van der Waals surface area (Å²) in [5, 5.41) is 8.57. The molecule has 1 N–H and O–H groups in total. The summed E-state index contributed by atoms with van der Waals surface area (Å²) < 4.78 is 10.7. The molecule has 0 aliphatic carbocycles. The summed E-state index contributed by atoms with van der Waals surface area (Å²) in [5.41, 5.74) is 0. The van der Waals surface area contributed by atoms with Gasteiger partial charge in [-0.15, -0.1) is 0 Å². The molecule has 0 radical (unpaired) electrons. The maximum absolute atomic E-state index is 10.4. The molecule has 5 nitrogen and oxygen atoms in total. The standard InChI is InChI=1S/C14H21NO4/c1-15(9-7-14(16)17)8-4-10-19-13-6-3-5-12(11-13)18-2/h3,5-6,11H,4,7-10H2,1-2H3,(H,16,17). The van der Waals surface area contributed by atoms with Crippen LogP contribution in [0.1, 0.15) is 12.8 Å². The lowest BCUT2D eigenvalue weighted by molar-refractivity contribution is -0.137. The third-order valence-corrected chi connectivity index (χ3v) is 2.70. The van der Waals surface area contributed by atoms with Crippen LogP contribution in [0, 0.1) is 0 Å². The zero-order chi connectivity index (χ0) is 14.1. The van der Waals surface area contributed by atoms with E-state index < -0.39 is 5.97 Å². The molecular weight excluding hydrogens is 246 g/mol. The Bertz CT molecular complexity index is 395. The van der Waals surface area contributed by atoms with Gasteiger partial charge in [0.05, 0.1) is 20.1 Å². The largest absolute Gasteiger partial charge is 0.497 e. The highest BCUT2D eigenvalue weighted by Crippen LogP contribution is 2.18. The Morgan fingerprint density at radius 3 is 2.74 bits per heavy atom. The predicted octanol–water partition coefficient (Wildman–Crippen LogP) is 1.87. The first-order valence-corrected chi connectivity index (χ1v) is 6.29. The Morgan fingerprint density at radius 2 is 2.05 bits per heavy atom. The van der Waals surface area contributed by atoms with Crippen molar-refractivity contribution < 1.29 is 19.4 Å². The van der Waals surface area contributed by atoms with E-state index in [1.54, 1.807) is 7.11 Å². The maximum Gasteiger partial charge on any atom is 0.304 e. The highest BCUT2D eigenvalue weighted by molar-refractivity contribution is 5.66. The number of hydrogen-bond acceptors (Lipinski definition) is 4.